The van der Waals surface area contributed by atoms with Gasteiger partial charge in [-0.05, 0) is 62.2 Å². The van der Waals surface area contributed by atoms with Gasteiger partial charge in [-0.15, -0.1) is 0 Å². The molecule has 1 fully saturated rings. The molecule has 2 heterocycles. The van der Waals surface area contributed by atoms with Gasteiger partial charge < -0.3 is 9.84 Å². The van der Waals surface area contributed by atoms with Crippen molar-refractivity contribution in [3.63, 3.8) is 0 Å². The average molecular weight is 394 g/mol. The molecule has 1 unspecified atom stereocenters. The number of rotatable bonds is 5. The highest BCUT2D eigenvalue weighted by molar-refractivity contribution is 5.92. The number of anilines is 1. The van der Waals surface area contributed by atoms with Gasteiger partial charge in [-0.2, -0.15) is 4.98 Å². The van der Waals surface area contributed by atoms with E-state index in [2.05, 4.69) is 20.4 Å². The second kappa shape index (κ2) is 8.53. The molecule has 1 saturated heterocycles. The van der Waals surface area contributed by atoms with Crippen LogP contribution >= 0.6 is 0 Å². The molecule has 1 aliphatic rings. The Balaban J connectivity index is 1.47. The molecule has 1 atom stereocenters. The van der Waals surface area contributed by atoms with E-state index in [0.29, 0.717) is 17.3 Å². The minimum absolute atomic E-state index is 0.0653. The van der Waals surface area contributed by atoms with Gasteiger partial charge in [0.15, 0.2) is 0 Å². The van der Waals surface area contributed by atoms with E-state index in [1.807, 2.05) is 31.2 Å². The number of aromatic nitrogens is 2. The number of likely N-dealkylation sites (tertiary alicyclic amines) is 1. The highest BCUT2D eigenvalue weighted by atomic mass is 19.1. The number of carbonyl (C=O) groups excluding carboxylic acids is 1. The third-order valence-electron chi connectivity index (χ3n) is 5.21. The zero-order valence-corrected chi connectivity index (χ0v) is 16.3. The number of amides is 1. The maximum absolute atomic E-state index is 13.1. The van der Waals surface area contributed by atoms with Crippen LogP contribution in [0.15, 0.2) is 53.1 Å². The maximum Gasteiger partial charge on any atom is 0.244 e. The number of aryl methyl sites for hydroxylation is 1. The van der Waals surface area contributed by atoms with Gasteiger partial charge in [0.1, 0.15) is 5.82 Å². The second-order valence-corrected chi connectivity index (χ2v) is 7.31. The Bertz CT molecular complexity index is 986. The predicted octanol–water partition coefficient (Wildman–Crippen LogP) is 4.35. The van der Waals surface area contributed by atoms with Gasteiger partial charge in [0.2, 0.25) is 17.6 Å². The van der Waals surface area contributed by atoms with E-state index in [-0.39, 0.29) is 24.3 Å². The van der Waals surface area contributed by atoms with Gasteiger partial charge in [-0.25, -0.2) is 4.39 Å². The molecule has 7 heteroatoms. The van der Waals surface area contributed by atoms with Crippen LogP contribution in [-0.4, -0.2) is 34.0 Å². The molecule has 0 bridgehead atoms. The van der Waals surface area contributed by atoms with E-state index in [9.17, 15) is 9.18 Å². The van der Waals surface area contributed by atoms with Crippen molar-refractivity contribution < 1.29 is 13.7 Å². The van der Waals surface area contributed by atoms with Crippen molar-refractivity contribution in [3.8, 4) is 11.4 Å². The van der Waals surface area contributed by atoms with Crippen LogP contribution in [-0.2, 0) is 4.79 Å². The molecule has 1 N–H and O–H groups in total. The van der Waals surface area contributed by atoms with E-state index >= 15 is 0 Å². The van der Waals surface area contributed by atoms with E-state index in [4.69, 9.17) is 4.52 Å². The van der Waals surface area contributed by atoms with Crippen molar-refractivity contribution in [3.05, 3.63) is 65.8 Å². The van der Waals surface area contributed by atoms with Gasteiger partial charge in [0.05, 0.1) is 12.6 Å². The average Bonchev–Trinajstić information content (AvgIpc) is 3.21. The van der Waals surface area contributed by atoms with Crippen molar-refractivity contribution in [1.82, 2.24) is 15.0 Å². The van der Waals surface area contributed by atoms with Gasteiger partial charge in [0, 0.05) is 11.3 Å². The first-order chi connectivity index (χ1) is 14.1. The molecule has 4 rings (SSSR count). The fourth-order valence-electron chi connectivity index (χ4n) is 3.63. The molecule has 150 valence electrons. The molecule has 0 saturated carbocycles. The molecule has 6 nitrogen and oxygen atoms in total. The SMILES string of the molecule is Cc1ccccc1NC(=O)CN1CCCCC1c1nc(-c2ccc(F)cc2)no1. The molecular weight excluding hydrogens is 371 g/mol. The summed E-state index contributed by atoms with van der Waals surface area (Å²) in [7, 11) is 0. The number of nitrogens with one attached hydrogen (secondary N) is 1. The first-order valence-electron chi connectivity index (χ1n) is 9.79. The van der Waals surface area contributed by atoms with E-state index in [1.54, 1.807) is 12.1 Å². The van der Waals surface area contributed by atoms with Gasteiger partial charge >= 0.3 is 0 Å². The number of benzene rings is 2. The van der Waals surface area contributed by atoms with Crippen LogP contribution in [0.2, 0.25) is 0 Å². The number of nitrogens with zero attached hydrogens (tertiary/aromatic N) is 3. The number of para-hydroxylation sites is 1. The lowest BCUT2D eigenvalue weighted by atomic mass is 10.0. The lowest BCUT2D eigenvalue weighted by Crippen LogP contribution is -2.39. The fraction of sp³-hybridized carbons (Fsp3) is 0.318. The van der Waals surface area contributed by atoms with Crippen molar-refractivity contribution in [1.29, 1.82) is 0 Å². The summed E-state index contributed by atoms with van der Waals surface area (Å²) in [4.78, 5) is 19.2. The first kappa shape index (κ1) is 19.3. The molecular formula is C22H23FN4O2. The predicted molar refractivity (Wildman–Crippen MR) is 108 cm³/mol. The minimum Gasteiger partial charge on any atom is -0.337 e. The lowest BCUT2D eigenvalue weighted by Gasteiger charge is -2.32. The lowest BCUT2D eigenvalue weighted by molar-refractivity contribution is -0.118. The van der Waals surface area contributed by atoms with Crippen LogP contribution in [0.25, 0.3) is 11.4 Å². The molecule has 0 radical (unpaired) electrons. The van der Waals surface area contributed by atoms with Gasteiger partial charge in [-0.1, -0.05) is 29.8 Å². The van der Waals surface area contributed by atoms with Crippen LogP contribution < -0.4 is 5.32 Å². The van der Waals surface area contributed by atoms with Crippen LogP contribution in [0, 0.1) is 12.7 Å². The van der Waals surface area contributed by atoms with Crippen LogP contribution in [0.4, 0.5) is 10.1 Å². The molecule has 1 aliphatic heterocycles. The Kier molecular flexibility index (Phi) is 5.67. The summed E-state index contributed by atoms with van der Waals surface area (Å²) in [5.74, 6) is 0.544. The van der Waals surface area contributed by atoms with Crippen molar-refractivity contribution in [2.75, 3.05) is 18.4 Å². The van der Waals surface area contributed by atoms with E-state index in [0.717, 1.165) is 37.1 Å². The fourth-order valence-corrected chi connectivity index (χ4v) is 3.63. The first-order valence-corrected chi connectivity index (χ1v) is 9.79. The minimum atomic E-state index is -0.310. The second-order valence-electron chi connectivity index (χ2n) is 7.31. The molecule has 0 aliphatic carbocycles. The van der Waals surface area contributed by atoms with Crippen molar-refractivity contribution in [2.24, 2.45) is 0 Å². The summed E-state index contributed by atoms with van der Waals surface area (Å²) >= 11 is 0. The van der Waals surface area contributed by atoms with Crippen molar-refractivity contribution in [2.45, 2.75) is 32.2 Å². The molecule has 29 heavy (non-hydrogen) atoms. The number of piperidine rings is 1. The monoisotopic (exact) mass is 394 g/mol. The standard InChI is InChI=1S/C22H23FN4O2/c1-15-6-2-3-7-18(15)24-20(28)14-27-13-5-4-8-19(27)22-25-21(26-29-22)16-9-11-17(23)12-10-16/h2-3,6-7,9-12,19H,4-5,8,13-14H2,1H3,(H,24,28). The molecule has 0 spiro atoms. The summed E-state index contributed by atoms with van der Waals surface area (Å²) in [5, 5.41) is 7.03. The Morgan fingerprint density at radius 1 is 1.21 bits per heavy atom. The molecule has 1 amide bonds. The quantitative estimate of drug-likeness (QED) is 0.697. The van der Waals surface area contributed by atoms with Crippen LogP contribution in [0.1, 0.15) is 36.8 Å². The normalized spacial score (nSPS) is 17.2. The zero-order valence-electron chi connectivity index (χ0n) is 16.3. The Morgan fingerprint density at radius 3 is 2.79 bits per heavy atom. The summed E-state index contributed by atoms with van der Waals surface area (Å²) in [5.41, 5.74) is 2.54. The third kappa shape index (κ3) is 4.51. The van der Waals surface area contributed by atoms with Crippen LogP contribution in [0.5, 0.6) is 0 Å². The largest absolute Gasteiger partial charge is 0.337 e. The Morgan fingerprint density at radius 2 is 2.00 bits per heavy atom. The van der Waals surface area contributed by atoms with E-state index in [1.165, 1.54) is 12.1 Å². The highest BCUT2D eigenvalue weighted by Crippen LogP contribution is 2.31. The Labute approximate surface area is 168 Å². The van der Waals surface area contributed by atoms with E-state index < -0.39 is 0 Å². The summed E-state index contributed by atoms with van der Waals surface area (Å²) in [6.07, 6.45) is 2.91. The number of hydrogen-bond acceptors (Lipinski definition) is 5. The van der Waals surface area contributed by atoms with Gasteiger partial charge in [-0.3, -0.25) is 9.69 Å². The number of carbonyl (C=O) groups is 1. The summed E-state index contributed by atoms with van der Waals surface area (Å²) < 4.78 is 18.7. The third-order valence-corrected chi connectivity index (χ3v) is 5.21. The molecule has 3 aromatic rings. The topological polar surface area (TPSA) is 71.3 Å². The van der Waals surface area contributed by atoms with Gasteiger partial charge in [0.25, 0.3) is 0 Å². The van der Waals surface area contributed by atoms with Crippen LogP contribution in [0.3, 0.4) is 0 Å². The van der Waals surface area contributed by atoms with Crippen molar-refractivity contribution >= 4 is 11.6 Å². The summed E-state index contributed by atoms with van der Waals surface area (Å²) in [6, 6.07) is 13.6. The zero-order chi connectivity index (χ0) is 20.2. The summed E-state index contributed by atoms with van der Waals surface area (Å²) in [6.45, 7) is 3.02. The highest BCUT2D eigenvalue weighted by Gasteiger charge is 2.30. The number of hydrogen-bond donors (Lipinski definition) is 1. The maximum atomic E-state index is 13.1. The Hall–Kier alpha value is -3.06. The smallest absolute Gasteiger partial charge is 0.244 e. The molecule has 2 aromatic carbocycles. The number of halogens is 1. The molecule has 1 aromatic heterocycles.